The quantitative estimate of drug-likeness (QED) is 0.150. The minimum absolute atomic E-state index is 0.130. The number of halogens is 1. The van der Waals surface area contributed by atoms with Gasteiger partial charge in [-0.3, -0.25) is 10.2 Å². The molecule has 1 aromatic carbocycles. The average molecular weight is 572 g/mol. The fraction of sp³-hybridized carbons (Fsp3) is 0.536. The van der Waals surface area contributed by atoms with Crippen LogP contribution in [0.4, 0.5) is 10.3 Å². The van der Waals surface area contributed by atoms with Crippen LogP contribution in [0.15, 0.2) is 35.7 Å². The molecule has 3 heterocycles. The Hall–Kier alpha value is -3.68. The number of nitrogens with two attached hydrogens (primary N) is 1. The second-order valence-corrected chi connectivity index (χ2v) is 10.5. The number of carbonyl (C=O) groups is 1. The van der Waals surface area contributed by atoms with Crippen molar-refractivity contribution in [2.75, 3.05) is 58.5 Å². The van der Waals surface area contributed by atoms with E-state index < -0.39 is 11.8 Å². The molecule has 0 amide bonds. The molecule has 222 valence electrons. The number of nitrogens with one attached hydrogen (secondary N) is 1. The van der Waals surface area contributed by atoms with Crippen molar-refractivity contribution >= 4 is 23.5 Å². The molecule has 2 fully saturated rings. The second-order valence-electron chi connectivity index (χ2n) is 10.5. The van der Waals surface area contributed by atoms with Gasteiger partial charge in [0.05, 0.1) is 25.4 Å². The van der Waals surface area contributed by atoms with E-state index in [2.05, 4.69) is 20.0 Å². The third kappa shape index (κ3) is 9.17. The van der Waals surface area contributed by atoms with Gasteiger partial charge in [-0.1, -0.05) is 23.4 Å². The Morgan fingerprint density at radius 1 is 1.27 bits per heavy atom. The van der Waals surface area contributed by atoms with Gasteiger partial charge >= 0.3 is 5.97 Å². The molecule has 13 heteroatoms. The van der Waals surface area contributed by atoms with Crippen LogP contribution in [0.5, 0.6) is 0 Å². The largest absolute Gasteiger partial charge is 0.460 e. The lowest BCUT2D eigenvalue weighted by atomic mass is 10.1. The van der Waals surface area contributed by atoms with E-state index in [-0.39, 0.29) is 36.6 Å². The molecule has 4 rings (SSSR count). The van der Waals surface area contributed by atoms with Gasteiger partial charge in [0.25, 0.3) is 0 Å². The van der Waals surface area contributed by atoms with Gasteiger partial charge in [0.15, 0.2) is 6.29 Å². The molecule has 2 aromatic rings. The number of benzene rings is 1. The highest BCUT2D eigenvalue weighted by Crippen LogP contribution is 2.26. The zero-order chi connectivity index (χ0) is 29.2. The molecule has 41 heavy (non-hydrogen) atoms. The predicted octanol–water partition coefficient (Wildman–Crippen LogP) is 2.57. The summed E-state index contributed by atoms with van der Waals surface area (Å²) in [6.07, 6.45) is 5.79. The van der Waals surface area contributed by atoms with Crippen LogP contribution < -0.4 is 10.6 Å². The van der Waals surface area contributed by atoms with Crippen molar-refractivity contribution in [1.29, 1.82) is 5.41 Å². The molecule has 2 aliphatic heterocycles. The molecule has 2 saturated heterocycles. The molecule has 3 N–H and O–H groups in total. The average Bonchev–Trinajstić information content (AvgIpc) is 2.92. The summed E-state index contributed by atoms with van der Waals surface area (Å²) in [7, 11) is 4.04. The van der Waals surface area contributed by atoms with Crippen LogP contribution in [0.25, 0.3) is 11.1 Å². The van der Waals surface area contributed by atoms with Gasteiger partial charge in [0, 0.05) is 48.2 Å². The Kier molecular flexibility index (Phi) is 10.9. The summed E-state index contributed by atoms with van der Waals surface area (Å²) in [6, 6.07) is 4.80. The van der Waals surface area contributed by atoms with Crippen LogP contribution in [-0.4, -0.2) is 92.2 Å². The minimum Gasteiger partial charge on any atom is -0.460 e. The van der Waals surface area contributed by atoms with Crippen LogP contribution in [0.3, 0.4) is 0 Å². The number of carbonyl (C=O) groups excluding carboxylic acids is 1. The number of amidine groups is 1. The van der Waals surface area contributed by atoms with E-state index in [9.17, 15) is 4.79 Å². The predicted molar refractivity (Wildman–Crippen MR) is 151 cm³/mol. The standard InChI is InChI=1S/C28H38FN7O5/c1-35(2)13-19(16-40-26-8-3-4-9-38-26)17-41-34-22-14-36(15-22)28-32-11-21(12-33-28)23-7-5-6-20(27(23)29)18-39-25(37)10-24(30)31/h5-7,11-12,19,26H,3-4,8-10,13-18H2,1-2H3,(H3,30,31). The van der Waals surface area contributed by atoms with Crippen LogP contribution in [0.1, 0.15) is 31.2 Å². The monoisotopic (exact) mass is 571 g/mol. The van der Waals surface area contributed by atoms with Gasteiger partial charge in [-0.05, 0) is 33.4 Å². The highest BCUT2D eigenvalue weighted by Gasteiger charge is 2.26. The molecule has 1 aromatic heterocycles. The molecule has 0 aliphatic carbocycles. The number of aromatic nitrogens is 2. The maximum Gasteiger partial charge on any atom is 0.313 e. The second kappa shape index (κ2) is 14.8. The summed E-state index contributed by atoms with van der Waals surface area (Å²) in [5, 5.41) is 11.4. The SMILES string of the molecule is CN(C)CC(CON=C1CN(c2ncc(-c3cccc(COC(=O)CC(=N)N)c3F)cn2)C1)COC1CCCCO1. The fourth-order valence-corrected chi connectivity index (χ4v) is 4.49. The number of oxime groups is 1. The van der Waals surface area contributed by atoms with E-state index in [0.29, 0.717) is 43.4 Å². The highest BCUT2D eigenvalue weighted by atomic mass is 19.1. The third-order valence-electron chi connectivity index (χ3n) is 6.56. The lowest BCUT2D eigenvalue weighted by Gasteiger charge is -2.32. The van der Waals surface area contributed by atoms with E-state index in [0.717, 1.165) is 38.1 Å². The first-order valence-electron chi connectivity index (χ1n) is 13.7. The van der Waals surface area contributed by atoms with E-state index in [1.165, 1.54) is 6.07 Å². The Morgan fingerprint density at radius 3 is 2.73 bits per heavy atom. The van der Waals surface area contributed by atoms with Crippen molar-refractivity contribution in [3.8, 4) is 11.1 Å². The van der Waals surface area contributed by atoms with E-state index in [4.69, 9.17) is 30.2 Å². The summed E-state index contributed by atoms with van der Waals surface area (Å²) >= 11 is 0. The molecular weight excluding hydrogens is 533 g/mol. The van der Waals surface area contributed by atoms with E-state index >= 15 is 4.39 Å². The van der Waals surface area contributed by atoms with Crippen molar-refractivity contribution in [3.05, 3.63) is 42.0 Å². The molecule has 2 unspecified atom stereocenters. The van der Waals surface area contributed by atoms with Gasteiger partial charge < -0.3 is 34.6 Å². The summed E-state index contributed by atoms with van der Waals surface area (Å²) in [6.45, 7) is 3.38. The van der Waals surface area contributed by atoms with Gasteiger partial charge in [0.2, 0.25) is 5.95 Å². The smallest absolute Gasteiger partial charge is 0.313 e. The number of hydrogen-bond donors (Lipinski definition) is 2. The van der Waals surface area contributed by atoms with E-state index in [1.807, 2.05) is 19.0 Å². The number of rotatable bonds is 14. The maximum atomic E-state index is 15.1. The lowest BCUT2D eigenvalue weighted by Crippen LogP contribution is -2.48. The lowest BCUT2D eigenvalue weighted by molar-refractivity contribution is -0.172. The zero-order valence-corrected chi connectivity index (χ0v) is 23.6. The summed E-state index contributed by atoms with van der Waals surface area (Å²) in [4.78, 5) is 30.1. The number of esters is 1. The molecule has 2 aliphatic rings. The number of nitrogens with zero attached hydrogens (tertiary/aromatic N) is 5. The minimum atomic E-state index is -0.690. The van der Waals surface area contributed by atoms with Crippen molar-refractivity contribution in [2.45, 2.75) is 38.6 Å². The molecule has 0 bridgehead atoms. The van der Waals surface area contributed by atoms with Crippen LogP contribution >= 0.6 is 0 Å². The van der Waals surface area contributed by atoms with Gasteiger partial charge in [-0.15, -0.1) is 0 Å². The number of hydrogen-bond acceptors (Lipinski definition) is 11. The number of ether oxygens (including phenoxy) is 3. The molecule has 0 spiro atoms. The van der Waals surface area contributed by atoms with Crippen molar-refractivity contribution in [3.63, 3.8) is 0 Å². The molecular formula is C28H38FN7O5. The molecule has 12 nitrogen and oxygen atoms in total. The van der Waals surface area contributed by atoms with Crippen LogP contribution in [0, 0.1) is 17.1 Å². The van der Waals surface area contributed by atoms with E-state index in [1.54, 1.807) is 24.5 Å². The van der Waals surface area contributed by atoms with Gasteiger partial charge in [0.1, 0.15) is 31.3 Å². The number of anilines is 1. The molecule has 0 radical (unpaired) electrons. The zero-order valence-electron chi connectivity index (χ0n) is 23.6. The molecule has 0 saturated carbocycles. The van der Waals surface area contributed by atoms with Gasteiger partial charge in [-0.25, -0.2) is 14.4 Å². The normalized spacial score (nSPS) is 17.6. The molecule has 2 atom stereocenters. The first-order valence-corrected chi connectivity index (χ1v) is 13.7. The topological polar surface area (TPSA) is 148 Å². The summed E-state index contributed by atoms with van der Waals surface area (Å²) in [5.74, 6) is -0.856. The van der Waals surface area contributed by atoms with Crippen molar-refractivity contribution < 1.29 is 28.2 Å². The Balaban J connectivity index is 1.25. The Bertz CT molecular complexity index is 1200. The van der Waals surface area contributed by atoms with Crippen LogP contribution in [-0.2, 0) is 30.4 Å². The summed E-state index contributed by atoms with van der Waals surface area (Å²) in [5.41, 5.74) is 7.07. The van der Waals surface area contributed by atoms with Crippen molar-refractivity contribution in [2.24, 2.45) is 16.8 Å². The van der Waals surface area contributed by atoms with Crippen molar-refractivity contribution in [1.82, 2.24) is 14.9 Å². The summed E-state index contributed by atoms with van der Waals surface area (Å²) < 4.78 is 31.7. The maximum absolute atomic E-state index is 15.1. The van der Waals surface area contributed by atoms with Crippen LogP contribution in [0.2, 0.25) is 0 Å². The first kappa shape index (κ1) is 30.3. The first-order chi connectivity index (χ1) is 19.8. The Labute approximate surface area is 239 Å². The Morgan fingerprint density at radius 2 is 2.05 bits per heavy atom. The highest BCUT2D eigenvalue weighted by molar-refractivity contribution is 5.98. The third-order valence-corrected chi connectivity index (χ3v) is 6.56. The van der Waals surface area contributed by atoms with Gasteiger partial charge in [-0.2, -0.15) is 0 Å². The fourth-order valence-electron chi connectivity index (χ4n) is 4.49.